The van der Waals surface area contributed by atoms with Crippen LogP contribution >= 0.6 is 23.2 Å². The van der Waals surface area contributed by atoms with Crippen LogP contribution in [0.1, 0.15) is 5.56 Å². The summed E-state index contributed by atoms with van der Waals surface area (Å²) in [5.74, 6) is 1.72. The van der Waals surface area contributed by atoms with Crippen molar-refractivity contribution in [1.29, 1.82) is 0 Å². The molecule has 7 nitrogen and oxygen atoms in total. The molecule has 210 valence electrons. The Hall–Kier alpha value is -4.20. The molecule has 4 aromatic carbocycles. The third-order valence-electron chi connectivity index (χ3n) is 6.85. The van der Waals surface area contributed by atoms with E-state index in [4.69, 9.17) is 32.9 Å². The van der Waals surface area contributed by atoms with Crippen LogP contribution < -0.4 is 25.6 Å². The lowest BCUT2D eigenvalue weighted by Gasteiger charge is -2.23. The molecule has 2 amide bonds. The molecule has 0 aliphatic carbocycles. The molecule has 0 radical (unpaired) electrons. The Morgan fingerprint density at radius 1 is 0.854 bits per heavy atom. The van der Waals surface area contributed by atoms with Gasteiger partial charge in [-0.05, 0) is 61.0 Å². The van der Waals surface area contributed by atoms with Crippen LogP contribution in [0.5, 0.6) is 5.75 Å². The molecule has 9 heteroatoms. The summed E-state index contributed by atoms with van der Waals surface area (Å²) in [5, 5.41) is 11.4. The highest BCUT2D eigenvalue weighted by molar-refractivity contribution is 6.18. The van der Waals surface area contributed by atoms with Crippen molar-refractivity contribution in [2.75, 3.05) is 52.8 Å². The number of hydrogen-bond acceptors (Lipinski definition) is 5. The number of urea groups is 1. The second kappa shape index (κ2) is 13.0. The van der Waals surface area contributed by atoms with Gasteiger partial charge in [-0.3, -0.25) is 0 Å². The third kappa shape index (κ3) is 6.42. The standard InChI is InChI=1S/C32H31Cl2N5O2/c1-21-10-11-23(36-32(40)35-22-12-14-24(15-13-22)39(18-16-33)19-17-34)20-28(21)38-30-25-6-3-4-8-27(25)37-31-26(30)7-5-9-29(31)41-2/h3-15,20H,16-19H2,1-2H3,(H,37,38)(H2,35,36,40). The molecular formula is C32H31Cl2N5O2. The number of alkyl halides is 2. The molecule has 0 aliphatic heterocycles. The van der Waals surface area contributed by atoms with E-state index in [0.29, 0.717) is 42.0 Å². The fraction of sp³-hybridized carbons (Fsp3) is 0.188. The number of halogens is 2. The summed E-state index contributed by atoms with van der Waals surface area (Å²) in [6.07, 6.45) is 0. The van der Waals surface area contributed by atoms with Crippen molar-refractivity contribution >= 4 is 79.5 Å². The molecule has 0 atom stereocenters. The number of hydrogen-bond donors (Lipinski definition) is 3. The fourth-order valence-electron chi connectivity index (χ4n) is 4.78. The van der Waals surface area contributed by atoms with Crippen molar-refractivity contribution in [2.24, 2.45) is 0 Å². The quantitative estimate of drug-likeness (QED) is 0.113. The van der Waals surface area contributed by atoms with Gasteiger partial charge in [-0.2, -0.15) is 0 Å². The maximum Gasteiger partial charge on any atom is 0.323 e. The number of ether oxygens (including phenoxy) is 1. The lowest BCUT2D eigenvalue weighted by molar-refractivity contribution is 0.262. The summed E-state index contributed by atoms with van der Waals surface area (Å²) in [6.45, 7) is 3.42. The molecule has 41 heavy (non-hydrogen) atoms. The Morgan fingerprint density at radius 3 is 2.27 bits per heavy atom. The zero-order valence-corrected chi connectivity index (χ0v) is 24.4. The van der Waals surface area contributed by atoms with Crippen LogP contribution in [0.3, 0.4) is 0 Å². The van der Waals surface area contributed by atoms with Crippen molar-refractivity contribution in [1.82, 2.24) is 4.98 Å². The molecule has 0 saturated heterocycles. The summed E-state index contributed by atoms with van der Waals surface area (Å²) in [4.78, 5) is 19.8. The van der Waals surface area contributed by atoms with Crippen molar-refractivity contribution in [3.05, 3.63) is 90.5 Å². The highest BCUT2D eigenvalue weighted by atomic mass is 35.5. The zero-order chi connectivity index (χ0) is 28.8. The number of methoxy groups -OCH3 is 1. The lowest BCUT2D eigenvalue weighted by Crippen LogP contribution is -2.27. The molecule has 0 aliphatic rings. The minimum atomic E-state index is -0.338. The highest BCUT2D eigenvalue weighted by Gasteiger charge is 2.14. The van der Waals surface area contributed by atoms with Crippen molar-refractivity contribution < 1.29 is 9.53 Å². The third-order valence-corrected chi connectivity index (χ3v) is 7.19. The molecule has 5 aromatic rings. The second-order valence-electron chi connectivity index (χ2n) is 9.51. The van der Waals surface area contributed by atoms with Gasteiger partial charge in [0.15, 0.2) is 0 Å². The van der Waals surface area contributed by atoms with Gasteiger partial charge < -0.3 is 25.6 Å². The number of aryl methyl sites for hydroxylation is 1. The number of pyridine rings is 1. The Bertz CT molecular complexity index is 1670. The van der Waals surface area contributed by atoms with Gasteiger partial charge in [-0.25, -0.2) is 9.78 Å². The number of aromatic nitrogens is 1. The summed E-state index contributed by atoms with van der Waals surface area (Å²) < 4.78 is 5.60. The van der Waals surface area contributed by atoms with Crippen molar-refractivity contribution in [3.63, 3.8) is 0 Å². The second-order valence-corrected chi connectivity index (χ2v) is 10.3. The molecule has 0 unspecified atom stereocenters. The number of para-hydroxylation sites is 2. The normalized spacial score (nSPS) is 10.9. The van der Waals surface area contributed by atoms with Crippen LogP contribution in [0.15, 0.2) is 84.9 Å². The fourth-order valence-corrected chi connectivity index (χ4v) is 5.19. The molecule has 3 N–H and O–H groups in total. The number of nitrogens with zero attached hydrogens (tertiary/aromatic N) is 2. The number of anilines is 5. The number of amides is 2. The van der Waals surface area contributed by atoms with E-state index in [1.165, 1.54) is 0 Å². The number of benzene rings is 4. The zero-order valence-electron chi connectivity index (χ0n) is 22.9. The van der Waals surface area contributed by atoms with Crippen LogP contribution in [0.25, 0.3) is 21.8 Å². The first kappa shape index (κ1) is 28.3. The molecular weight excluding hydrogens is 557 g/mol. The van der Waals surface area contributed by atoms with E-state index in [-0.39, 0.29) is 6.03 Å². The minimum absolute atomic E-state index is 0.338. The minimum Gasteiger partial charge on any atom is -0.494 e. The molecule has 0 saturated carbocycles. The number of rotatable bonds is 10. The average molecular weight is 589 g/mol. The number of nitrogens with one attached hydrogen (secondary N) is 3. The van der Waals surface area contributed by atoms with Gasteiger partial charge >= 0.3 is 6.03 Å². The first-order valence-electron chi connectivity index (χ1n) is 13.3. The van der Waals surface area contributed by atoms with Gasteiger partial charge in [0.25, 0.3) is 0 Å². The van der Waals surface area contributed by atoms with Gasteiger partial charge in [-0.1, -0.05) is 36.4 Å². The Morgan fingerprint density at radius 2 is 1.54 bits per heavy atom. The largest absolute Gasteiger partial charge is 0.494 e. The maximum atomic E-state index is 12.9. The van der Waals surface area contributed by atoms with Gasteiger partial charge in [0, 0.05) is 58.4 Å². The van der Waals surface area contributed by atoms with Crippen LogP contribution in [0.2, 0.25) is 0 Å². The summed E-state index contributed by atoms with van der Waals surface area (Å²) in [5.41, 5.74) is 6.79. The van der Waals surface area contributed by atoms with Gasteiger partial charge in [0.1, 0.15) is 11.3 Å². The molecule has 5 rings (SSSR count). The summed E-state index contributed by atoms with van der Waals surface area (Å²) in [6, 6.07) is 26.9. The van der Waals surface area contributed by atoms with E-state index in [9.17, 15) is 4.79 Å². The van der Waals surface area contributed by atoms with Crippen LogP contribution in [-0.2, 0) is 0 Å². The lowest BCUT2D eigenvalue weighted by atomic mass is 10.1. The number of fused-ring (bicyclic) bond motifs is 2. The van der Waals surface area contributed by atoms with E-state index in [0.717, 1.165) is 44.4 Å². The van der Waals surface area contributed by atoms with E-state index >= 15 is 0 Å². The number of carbonyl (C=O) groups is 1. The first-order valence-corrected chi connectivity index (χ1v) is 14.4. The van der Waals surface area contributed by atoms with Crippen LogP contribution in [-0.4, -0.2) is 43.0 Å². The monoisotopic (exact) mass is 587 g/mol. The van der Waals surface area contributed by atoms with E-state index in [1.54, 1.807) is 7.11 Å². The predicted octanol–water partition coefficient (Wildman–Crippen LogP) is 8.38. The molecule has 0 fully saturated rings. The topological polar surface area (TPSA) is 78.5 Å². The Balaban J connectivity index is 1.37. The van der Waals surface area contributed by atoms with Gasteiger partial charge in [0.05, 0.1) is 18.3 Å². The van der Waals surface area contributed by atoms with Gasteiger partial charge in [0.2, 0.25) is 0 Å². The Labute approximate surface area is 249 Å². The number of carbonyl (C=O) groups excluding carboxylic acids is 1. The van der Waals surface area contributed by atoms with E-state index < -0.39 is 0 Å². The van der Waals surface area contributed by atoms with E-state index in [2.05, 4.69) is 20.9 Å². The van der Waals surface area contributed by atoms with Crippen LogP contribution in [0.4, 0.5) is 33.2 Å². The SMILES string of the molecule is COc1cccc2c(Nc3cc(NC(=O)Nc4ccc(N(CCCl)CCCl)cc4)ccc3C)c3ccccc3nc12. The van der Waals surface area contributed by atoms with E-state index in [1.807, 2.05) is 91.9 Å². The summed E-state index contributed by atoms with van der Waals surface area (Å²) >= 11 is 11.9. The van der Waals surface area contributed by atoms with Crippen molar-refractivity contribution in [3.8, 4) is 5.75 Å². The van der Waals surface area contributed by atoms with Gasteiger partial charge in [-0.15, -0.1) is 23.2 Å². The average Bonchev–Trinajstić information content (AvgIpc) is 2.98. The molecule has 0 bridgehead atoms. The maximum absolute atomic E-state index is 12.9. The summed E-state index contributed by atoms with van der Waals surface area (Å²) in [7, 11) is 1.65. The van der Waals surface area contributed by atoms with Crippen LogP contribution in [0, 0.1) is 6.92 Å². The highest BCUT2D eigenvalue weighted by Crippen LogP contribution is 2.37. The molecule has 1 heterocycles. The Kier molecular flexibility index (Phi) is 8.97. The smallest absolute Gasteiger partial charge is 0.323 e. The molecule has 0 spiro atoms. The first-order chi connectivity index (χ1) is 20.0. The molecule has 1 aromatic heterocycles. The predicted molar refractivity (Wildman–Crippen MR) is 173 cm³/mol. The van der Waals surface area contributed by atoms with Crippen molar-refractivity contribution in [2.45, 2.75) is 6.92 Å².